The van der Waals surface area contributed by atoms with Gasteiger partial charge in [0.1, 0.15) is 0 Å². The fourth-order valence-corrected chi connectivity index (χ4v) is 4.01. The Labute approximate surface area is 101 Å². The Hall–Kier alpha value is -0.620. The fourth-order valence-electron chi connectivity index (χ4n) is 3.31. The molecule has 17 heavy (non-hydrogen) atoms. The van der Waals surface area contributed by atoms with Crippen molar-refractivity contribution in [2.24, 2.45) is 11.3 Å². The standard InChI is InChI=1S/C11H18O5S/c1-17(14,15)16-9-5-4-8-3-2-6-11(9,7-8)10(12)13/h8-9H,2-7H2,1H3,(H,12,13)/t8-,9-,11+/m1/s1. The maximum absolute atomic E-state index is 11.5. The minimum Gasteiger partial charge on any atom is -0.481 e. The molecule has 2 rings (SSSR count). The molecular weight excluding hydrogens is 244 g/mol. The molecule has 5 nitrogen and oxygen atoms in total. The third-order valence-electron chi connectivity index (χ3n) is 4.06. The number of rotatable bonds is 3. The van der Waals surface area contributed by atoms with E-state index >= 15 is 0 Å². The van der Waals surface area contributed by atoms with Gasteiger partial charge in [-0.3, -0.25) is 8.98 Å². The molecule has 3 atom stereocenters. The lowest BCUT2D eigenvalue weighted by Crippen LogP contribution is -2.51. The lowest BCUT2D eigenvalue weighted by molar-refractivity contribution is -0.164. The molecule has 0 aromatic carbocycles. The number of hydrogen-bond donors (Lipinski definition) is 1. The predicted octanol–water partition coefficient (Wildman–Crippen LogP) is 1.39. The summed E-state index contributed by atoms with van der Waals surface area (Å²) in [6.07, 6.45) is 4.69. The van der Waals surface area contributed by atoms with Crippen LogP contribution in [-0.4, -0.2) is 31.9 Å². The highest BCUT2D eigenvalue weighted by molar-refractivity contribution is 7.86. The summed E-state index contributed by atoms with van der Waals surface area (Å²) in [5, 5.41) is 9.43. The van der Waals surface area contributed by atoms with Gasteiger partial charge in [0.25, 0.3) is 10.1 Å². The first-order chi connectivity index (χ1) is 7.83. The number of fused-ring (bicyclic) bond motifs is 2. The number of carboxylic acid groups (broad SMARTS) is 1. The molecule has 0 aromatic rings. The van der Waals surface area contributed by atoms with Gasteiger partial charge in [-0.15, -0.1) is 0 Å². The van der Waals surface area contributed by atoms with Crippen LogP contribution in [0.25, 0.3) is 0 Å². The molecule has 0 heterocycles. The van der Waals surface area contributed by atoms with Crippen LogP contribution in [0.2, 0.25) is 0 Å². The van der Waals surface area contributed by atoms with E-state index in [0.717, 1.165) is 25.5 Å². The third kappa shape index (κ3) is 2.47. The summed E-state index contributed by atoms with van der Waals surface area (Å²) in [6.45, 7) is 0. The minimum atomic E-state index is -3.60. The molecule has 2 aliphatic rings. The zero-order valence-electron chi connectivity index (χ0n) is 9.89. The molecule has 0 saturated heterocycles. The van der Waals surface area contributed by atoms with E-state index in [1.54, 1.807) is 0 Å². The van der Waals surface area contributed by atoms with Crippen LogP contribution in [0, 0.1) is 11.3 Å². The summed E-state index contributed by atoms with van der Waals surface area (Å²) in [4.78, 5) is 11.5. The van der Waals surface area contributed by atoms with Crippen LogP contribution in [0.4, 0.5) is 0 Å². The molecule has 1 N–H and O–H groups in total. The molecule has 2 aliphatic carbocycles. The molecule has 0 aromatic heterocycles. The topological polar surface area (TPSA) is 80.7 Å². The van der Waals surface area contributed by atoms with E-state index in [-0.39, 0.29) is 0 Å². The molecular formula is C11H18O5S. The van der Waals surface area contributed by atoms with Gasteiger partial charge in [0, 0.05) is 0 Å². The third-order valence-corrected chi connectivity index (χ3v) is 4.64. The Kier molecular flexibility index (Phi) is 3.20. The number of hydrogen-bond acceptors (Lipinski definition) is 4. The highest BCUT2D eigenvalue weighted by Gasteiger charge is 2.53. The van der Waals surface area contributed by atoms with Gasteiger partial charge in [-0.2, -0.15) is 8.42 Å². The van der Waals surface area contributed by atoms with Gasteiger partial charge in [-0.25, -0.2) is 0 Å². The van der Waals surface area contributed by atoms with Gasteiger partial charge < -0.3 is 5.11 Å². The van der Waals surface area contributed by atoms with Crippen molar-refractivity contribution >= 4 is 16.1 Å². The van der Waals surface area contributed by atoms with E-state index in [4.69, 9.17) is 4.18 Å². The predicted molar refractivity (Wildman–Crippen MR) is 61.0 cm³/mol. The molecule has 6 heteroatoms. The average Bonchev–Trinajstić information content (AvgIpc) is 2.21. The normalized spacial score (nSPS) is 37.7. The molecule has 2 bridgehead atoms. The number of carboxylic acids is 1. The first-order valence-corrected chi connectivity index (χ1v) is 7.77. The SMILES string of the molecule is CS(=O)(=O)O[C@@H]1CC[C@H]2CCC[C@]1(C(=O)O)C2. The second-order valence-corrected chi connectivity index (χ2v) is 6.89. The fraction of sp³-hybridized carbons (Fsp3) is 0.909. The van der Waals surface area contributed by atoms with E-state index in [1.165, 1.54) is 0 Å². The summed E-state index contributed by atoms with van der Waals surface area (Å²) in [5.41, 5.74) is -0.982. The summed E-state index contributed by atoms with van der Waals surface area (Å²) >= 11 is 0. The van der Waals surface area contributed by atoms with E-state index in [2.05, 4.69) is 0 Å². The summed E-state index contributed by atoms with van der Waals surface area (Å²) in [5.74, 6) is -0.491. The Bertz CT molecular complexity index is 416. The van der Waals surface area contributed by atoms with Crippen molar-refractivity contribution in [3.63, 3.8) is 0 Å². The molecule has 0 spiro atoms. The Morgan fingerprint density at radius 1 is 1.35 bits per heavy atom. The van der Waals surface area contributed by atoms with Gasteiger partial charge in [-0.1, -0.05) is 12.8 Å². The van der Waals surface area contributed by atoms with Crippen LogP contribution in [0.1, 0.15) is 38.5 Å². The quantitative estimate of drug-likeness (QED) is 0.777. The zero-order valence-corrected chi connectivity index (χ0v) is 10.7. The van der Waals surface area contributed by atoms with E-state index in [0.29, 0.717) is 25.2 Å². The zero-order chi connectivity index (χ0) is 12.7. The highest BCUT2D eigenvalue weighted by Crippen LogP contribution is 2.50. The largest absolute Gasteiger partial charge is 0.481 e. The van der Waals surface area contributed by atoms with Crippen LogP contribution in [0.5, 0.6) is 0 Å². The lowest BCUT2D eigenvalue weighted by Gasteiger charge is -2.46. The van der Waals surface area contributed by atoms with Gasteiger partial charge >= 0.3 is 5.97 Å². The second kappa shape index (κ2) is 4.24. The maximum Gasteiger partial charge on any atom is 0.312 e. The molecule has 98 valence electrons. The average molecular weight is 262 g/mol. The monoisotopic (exact) mass is 262 g/mol. The Balaban J connectivity index is 2.27. The van der Waals surface area contributed by atoms with Crippen LogP contribution >= 0.6 is 0 Å². The molecule has 2 saturated carbocycles. The summed E-state index contributed by atoms with van der Waals surface area (Å²) in [6, 6.07) is 0. The number of carbonyl (C=O) groups is 1. The van der Waals surface area contributed by atoms with Crippen LogP contribution in [0.15, 0.2) is 0 Å². The first-order valence-electron chi connectivity index (χ1n) is 5.95. The van der Waals surface area contributed by atoms with Crippen LogP contribution in [0.3, 0.4) is 0 Å². The van der Waals surface area contributed by atoms with Crippen molar-refractivity contribution in [2.45, 2.75) is 44.6 Å². The van der Waals surface area contributed by atoms with Crippen molar-refractivity contribution in [1.82, 2.24) is 0 Å². The van der Waals surface area contributed by atoms with Crippen molar-refractivity contribution < 1.29 is 22.5 Å². The van der Waals surface area contributed by atoms with Crippen molar-refractivity contribution in [2.75, 3.05) is 6.26 Å². The van der Waals surface area contributed by atoms with Crippen LogP contribution < -0.4 is 0 Å². The first kappa shape index (κ1) is 12.8. The second-order valence-electron chi connectivity index (χ2n) is 5.29. The Morgan fingerprint density at radius 2 is 2.06 bits per heavy atom. The summed E-state index contributed by atoms with van der Waals surface area (Å²) in [7, 11) is -3.60. The van der Waals surface area contributed by atoms with E-state index < -0.39 is 27.6 Å². The molecule has 0 aliphatic heterocycles. The van der Waals surface area contributed by atoms with E-state index in [9.17, 15) is 18.3 Å². The minimum absolute atomic E-state index is 0.416. The van der Waals surface area contributed by atoms with Gasteiger partial charge in [0.2, 0.25) is 0 Å². The smallest absolute Gasteiger partial charge is 0.312 e. The Morgan fingerprint density at radius 3 is 2.65 bits per heavy atom. The molecule has 0 unspecified atom stereocenters. The van der Waals surface area contributed by atoms with Crippen molar-refractivity contribution in [3.8, 4) is 0 Å². The highest BCUT2D eigenvalue weighted by atomic mass is 32.2. The van der Waals surface area contributed by atoms with Crippen LogP contribution in [-0.2, 0) is 19.1 Å². The van der Waals surface area contributed by atoms with Crippen molar-refractivity contribution in [3.05, 3.63) is 0 Å². The maximum atomic E-state index is 11.5. The van der Waals surface area contributed by atoms with Gasteiger partial charge in [0.05, 0.1) is 17.8 Å². The number of aliphatic carboxylic acids is 1. The molecule has 0 radical (unpaired) electrons. The molecule has 2 fully saturated rings. The van der Waals surface area contributed by atoms with Gasteiger partial charge in [0.15, 0.2) is 0 Å². The van der Waals surface area contributed by atoms with Gasteiger partial charge in [-0.05, 0) is 31.6 Å². The van der Waals surface area contributed by atoms with E-state index in [1.807, 2.05) is 0 Å². The summed E-state index contributed by atoms with van der Waals surface area (Å²) < 4.78 is 27.4. The molecule has 0 amide bonds. The van der Waals surface area contributed by atoms with Crippen molar-refractivity contribution in [1.29, 1.82) is 0 Å². The lowest BCUT2D eigenvalue weighted by atomic mass is 9.60.